The molecular weight excluding hydrogens is 195 g/mol. The van der Waals surface area contributed by atoms with Gasteiger partial charge in [0.2, 0.25) is 0 Å². The Morgan fingerprint density at radius 1 is 1.53 bits per heavy atom. The summed E-state index contributed by atoms with van der Waals surface area (Å²) in [7, 11) is 0. The summed E-state index contributed by atoms with van der Waals surface area (Å²) in [4.78, 5) is 0. The van der Waals surface area contributed by atoms with Gasteiger partial charge in [-0.3, -0.25) is 0 Å². The molecule has 0 aliphatic heterocycles. The van der Waals surface area contributed by atoms with Gasteiger partial charge in [-0.2, -0.15) is 5.26 Å². The molecule has 0 unspecified atom stereocenters. The fraction of sp³-hybridized carbons (Fsp3) is 0.364. The summed E-state index contributed by atoms with van der Waals surface area (Å²) in [6, 6.07) is 6.00. The van der Waals surface area contributed by atoms with E-state index in [-0.39, 0.29) is 16.9 Å². The van der Waals surface area contributed by atoms with Crippen LogP contribution in [0.15, 0.2) is 18.2 Å². The molecule has 15 heavy (non-hydrogen) atoms. The van der Waals surface area contributed by atoms with Crippen molar-refractivity contribution in [2.24, 2.45) is 5.73 Å². The van der Waals surface area contributed by atoms with Crippen LogP contribution in [0.2, 0.25) is 0 Å². The molecule has 0 amide bonds. The van der Waals surface area contributed by atoms with Gasteiger partial charge in [0, 0.05) is 0 Å². The highest BCUT2D eigenvalue weighted by Gasteiger charge is 2.39. The van der Waals surface area contributed by atoms with Gasteiger partial charge in [0.05, 0.1) is 17.2 Å². The molecule has 3 nitrogen and oxygen atoms in total. The number of hydrogen-bond donors (Lipinski definition) is 1. The number of hydrogen-bond acceptors (Lipinski definition) is 3. The maximum Gasteiger partial charge on any atom is 0.166 e. The smallest absolute Gasteiger partial charge is 0.166 e. The molecule has 2 rings (SSSR count). The topological polar surface area (TPSA) is 59.0 Å². The van der Waals surface area contributed by atoms with Crippen LogP contribution in [0.4, 0.5) is 4.39 Å². The Kier molecular flexibility index (Phi) is 2.33. The van der Waals surface area contributed by atoms with E-state index in [4.69, 9.17) is 15.7 Å². The van der Waals surface area contributed by atoms with Gasteiger partial charge < -0.3 is 10.5 Å². The molecule has 78 valence electrons. The quantitative estimate of drug-likeness (QED) is 0.816. The molecular formula is C11H11FN2O. The number of rotatable bonds is 3. The molecule has 0 saturated heterocycles. The van der Waals surface area contributed by atoms with Gasteiger partial charge in [-0.25, -0.2) is 4.39 Å². The monoisotopic (exact) mass is 206 g/mol. The summed E-state index contributed by atoms with van der Waals surface area (Å²) in [6.45, 7) is 0.329. The van der Waals surface area contributed by atoms with Gasteiger partial charge in [-0.15, -0.1) is 0 Å². The lowest BCUT2D eigenvalue weighted by Gasteiger charge is -2.11. The van der Waals surface area contributed by atoms with Crippen molar-refractivity contribution in [1.29, 1.82) is 5.26 Å². The first-order chi connectivity index (χ1) is 7.13. The first-order valence-electron chi connectivity index (χ1n) is 4.74. The van der Waals surface area contributed by atoms with Crippen LogP contribution >= 0.6 is 0 Å². The normalized spacial score (nSPS) is 16.9. The average molecular weight is 206 g/mol. The van der Waals surface area contributed by atoms with Gasteiger partial charge in [-0.1, -0.05) is 0 Å². The summed E-state index contributed by atoms with van der Waals surface area (Å²) in [5, 5.41) is 8.54. The third-order valence-corrected chi connectivity index (χ3v) is 2.47. The second-order valence-corrected chi connectivity index (χ2v) is 3.91. The zero-order valence-electron chi connectivity index (χ0n) is 8.16. The summed E-state index contributed by atoms with van der Waals surface area (Å²) in [6.07, 6.45) is 1.84. The van der Waals surface area contributed by atoms with Crippen LogP contribution in [0.5, 0.6) is 5.75 Å². The van der Waals surface area contributed by atoms with E-state index < -0.39 is 5.82 Å². The highest BCUT2D eigenvalue weighted by atomic mass is 19.1. The summed E-state index contributed by atoms with van der Waals surface area (Å²) >= 11 is 0. The van der Waals surface area contributed by atoms with E-state index in [0.717, 1.165) is 18.9 Å². The highest BCUT2D eigenvalue weighted by molar-refractivity contribution is 5.36. The van der Waals surface area contributed by atoms with Crippen molar-refractivity contribution in [1.82, 2.24) is 0 Å². The number of benzene rings is 1. The molecule has 1 aromatic rings. The lowest BCUT2D eigenvalue weighted by molar-refractivity contribution is 0.267. The minimum Gasteiger partial charge on any atom is -0.489 e. The molecule has 0 radical (unpaired) electrons. The number of nitriles is 1. The van der Waals surface area contributed by atoms with E-state index in [1.165, 1.54) is 12.1 Å². The first kappa shape index (κ1) is 9.94. The average Bonchev–Trinajstić information content (AvgIpc) is 2.95. The Bertz CT molecular complexity index is 421. The lowest BCUT2D eigenvalue weighted by Crippen LogP contribution is -2.29. The van der Waals surface area contributed by atoms with Crippen LogP contribution in [0.1, 0.15) is 18.4 Å². The van der Waals surface area contributed by atoms with Crippen molar-refractivity contribution in [2.45, 2.75) is 18.4 Å². The second kappa shape index (κ2) is 3.52. The zero-order chi connectivity index (χ0) is 10.9. The molecule has 1 aromatic carbocycles. The van der Waals surface area contributed by atoms with Crippen molar-refractivity contribution in [3.8, 4) is 11.8 Å². The van der Waals surface area contributed by atoms with Crippen LogP contribution in [0, 0.1) is 17.1 Å². The van der Waals surface area contributed by atoms with E-state index in [0.29, 0.717) is 6.61 Å². The van der Waals surface area contributed by atoms with Crippen LogP contribution in [-0.2, 0) is 0 Å². The second-order valence-electron chi connectivity index (χ2n) is 3.91. The van der Waals surface area contributed by atoms with Crippen molar-refractivity contribution >= 4 is 0 Å². The molecule has 0 atom stereocenters. The molecule has 1 aliphatic rings. The Morgan fingerprint density at radius 3 is 2.80 bits per heavy atom. The summed E-state index contributed by atoms with van der Waals surface area (Å²) < 4.78 is 18.6. The van der Waals surface area contributed by atoms with Crippen molar-refractivity contribution in [3.05, 3.63) is 29.6 Å². The van der Waals surface area contributed by atoms with E-state index in [1.54, 1.807) is 0 Å². The lowest BCUT2D eigenvalue weighted by atomic mass is 10.2. The van der Waals surface area contributed by atoms with Gasteiger partial charge in [0.15, 0.2) is 11.6 Å². The van der Waals surface area contributed by atoms with Gasteiger partial charge in [0.1, 0.15) is 6.61 Å². The third-order valence-electron chi connectivity index (χ3n) is 2.47. The molecule has 0 bridgehead atoms. The van der Waals surface area contributed by atoms with Gasteiger partial charge >= 0.3 is 0 Å². The molecule has 0 heterocycles. The third kappa shape index (κ3) is 2.25. The Morgan fingerprint density at radius 2 is 2.27 bits per heavy atom. The maximum atomic E-state index is 13.3. The predicted molar refractivity (Wildman–Crippen MR) is 52.8 cm³/mol. The standard InChI is InChI=1S/C11H11FN2O/c12-9-5-8(6-13)1-2-10(9)15-7-11(14)3-4-11/h1-2,5H,3-4,7,14H2. The van der Waals surface area contributed by atoms with E-state index >= 15 is 0 Å². The Balaban J connectivity index is 2.05. The molecule has 1 aliphatic carbocycles. The molecule has 1 fully saturated rings. The molecule has 2 N–H and O–H groups in total. The Labute approximate surface area is 87.3 Å². The largest absolute Gasteiger partial charge is 0.489 e. The van der Waals surface area contributed by atoms with Gasteiger partial charge in [-0.05, 0) is 31.0 Å². The summed E-state index contributed by atoms with van der Waals surface area (Å²) in [5.74, 6) is -0.357. The van der Waals surface area contributed by atoms with Crippen molar-refractivity contribution in [2.75, 3.05) is 6.61 Å². The fourth-order valence-electron chi connectivity index (χ4n) is 1.21. The van der Waals surface area contributed by atoms with Crippen molar-refractivity contribution < 1.29 is 9.13 Å². The first-order valence-corrected chi connectivity index (χ1v) is 4.74. The van der Waals surface area contributed by atoms with Crippen LogP contribution < -0.4 is 10.5 Å². The fourth-order valence-corrected chi connectivity index (χ4v) is 1.21. The maximum absolute atomic E-state index is 13.3. The van der Waals surface area contributed by atoms with Crippen LogP contribution in [0.3, 0.4) is 0 Å². The molecule has 0 spiro atoms. The van der Waals surface area contributed by atoms with Crippen LogP contribution in [-0.4, -0.2) is 12.1 Å². The number of nitrogens with zero attached hydrogens (tertiary/aromatic N) is 1. The van der Waals surface area contributed by atoms with E-state index in [2.05, 4.69) is 0 Å². The Hall–Kier alpha value is -1.60. The molecule has 0 aromatic heterocycles. The predicted octanol–water partition coefficient (Wildman–Crippen LogP) is 1.57. The van der Waals surface area contributed by atoms with Gasteiger partial charge in [0.25, 0.3) is 0 Å². The number of halogens is 1. The minimum atomic E-state index is -0.515. The summed E-state index contributed by atoms with van der Waals surface area (Å²) in [5.41, 5.74) is 5.82. The van der Waals surface area contributed by atoms with E-state index in [1.807, 2.05) is 6.07 Å². The number of ether oxygens (including phenoxy) is 1. The minimum absolute atomic E-state index is 0.158. The van der Waals surface area contributed by atoms with E-state index in [9.17, 15) is 4.39 Å². The SMILES string of the molecule is N#Cc1ccc(OCC2(N)CC2)c(F)c1. The molecule has 1 saturated carbocycles. The van der Waals surface area contributed by atoms with Crippen molar-refractivity contribution in [3.63, 3.8) is 0 Å². The van der Waals surface area contributed by atoms with Crippen LogP contribution in [0.25, 0.3) is 0 Å². The highest BCUT2D eigenvalue weighted by Crippen LogP contribution is 2.33. The zero-order valence-corrected chi connectivity index (χ0v) is 8.16. The molecule has 4 heteroatoms. The number of nitrogens with two attached hydrogens (primary N) is 1.